The second-order valence-corrected chi connectivity index (χ2v) is 6.98. The van der Waals surface area contributed by atoms with E-state index in [1.165, 1.54) is 0 Å². The summed E-state index contributed by atoms with van der Waals surface area (Å²) in [5.74, 6) is 0. The minimum atomic E-state index is -4.57. The van der Waals surface area contributed by atoms with Gasteiger partial charge < -0.3 is 5.73 Å². The Morgan fingerprint density at radius 2 is 1.95 bits per heavy atom. The number of halogens is 4. The maximum atomic E-state index is 12.5. The van der Waals surface area contributed by atoms with Crippen LogP contribution in [0.3, 0.4) is 0 Å². The van der Waals surface area contributed by atoms with Crippen molar-refractivity contribution >= 4 is 43.8 Å². The van der Waals surface area contributed by atoms with Gasteiger partial charge in [-0.15, -0.1) is 10.2 Å². The third-order valence-electron chi connectivity index (χ3n) is 2.19. The molecule has 0 spiro atoms. The van der Waals surface area contributed by atoms with Gasteiger partial charge in [0.05, 0.1) is 16.3 Å². The molecular weight excluding hydrogens is 353 g/mol. The number of hydrogen-bond donors (Lipinski definition) is 2. The van der Waals surface area contributed by atoms with Gasteiger partial charge >= 0.3 is 6.18 Å². The van der Waals surface area contributed by atoms with Crippen molar-refractivity contribution in [3.8, 4) is 0 Å². The van der Waals surface area contributed by atoms with Gasteiger partial charge in [-0.3, -0.25) is 4.72 Å². The fourth-order valence-electron chi connectivity index (χ4n) is 1.29. The minimum absolute atomic E-state index is 0.0612. The van der Waals surface area contributed by atoms with Crippen LogP contribution >= 0.6 is 22.9 Å². The van der Waals surface area contributed by atoms with Crippen molar-refractivity contribution in [3.63, 3.8) is 0 Å². The van der Waals surface area contributed by atoms with E-state index in [0.29, 0.717) is 23.5 Å². The molecule has 21 heavy (non-hydrogen) atoms. The number of nitrogen functional groups attached to an aromatic ring is 1. The highest BCUT2D eigenvalue weighted by molar-refractivity contribution is 7.94. The van der Waals surface area contributed by atoms with E-state index in [2.05, 4.69) is 10.2 Å². The molecule has 6 nitrogen and oxygen atoms in total. The van der Waals surface area contributed by atoms with Crippen molar-refractivity contribution in [1.29, 1.82) is 0 Å². The molecule has 0 saturated heterocycles. The predicted molar refractivity (Wildman–Crippen MR) is 71.6 cm³/mol. The SMILES string of the molecule is Nc1nnc(S(=O)(=O)Nc2ccc(C(F)(F)F)cc2Cl)s1. The zero-order valence-corrected chi connectivity index (χ0v) is 12.2. The maximum Gasteiger partial charge on any atom is 0.416 e. The van der Waals surface area contributed by atoms with Crippen molar-refractivity contribution in [2.75, 3.05) is 10.5 Å². The highest BCUT2D eigenvalue weighted by atomic mass is 35.5. The van der Waals surface area contributed by atoms with E-state index < -0.39 is 31.1 Å². The first-order valence-electron chi connectivity index (χ1n) is 5.08. The number of hydrogen-bond acceptors (Lipinski definition) is 6. The topological polar surface area (TPSA) is 98.0 Å². The number of anilines is 2. The number of nitrogens with zero attached hydrogens (tertiary/aromatic N) is 2. The normalized spacial score (nSPS) is 12.4. The van der Waals surface area contributed by atoms with Crippen LogP contribution in [-0.4, -0.2) is 18.6 Å². The molecule has 1 aromatic heterocycles. The number of nitrogens with one attached hydrogen (secondary N) is 1. The van der Waals surface area contributed by atoms with Crippen molar-refractivity contribution in [2.45, 2.75) is 10.5 Å². The summed E-state index contributed by atoms with van der Waals surface area (Å²) in [6.07, 6.45) is -4.57. The zero-order chi connectivity index (χ0) is 15.8. The monoisotopic (exact) mass is 358 g/mol. The predicted octanol–water partition coefficient (Wildman–Crippen LogP) is 2.59. The van der Waals surface area contributed by atoms with Crippen molar-refractivity contribution in [1.82, 2.24) is 10.2 Å². The summed E-state index contributed by atoms with van der Waals surface area (Å²) in [5, 5.41) is 6.22. The molecule has 12 heteroatoms. The van der Waals surface area contributed by atoms with Gasteiger partial charge in [-0.2, -0.15) is 21.6 Å². The van der Waals surface area contributed by atoms with Crippen LogP contribution in [0.2, 0.25) is 5.02 Å². The first kappa shape index (κ1) is 15.8. The van der Waals surface area contributed by atoms with Crippen LogP contribution in [0.25, 0.3) is 0 Å². The van der Waals surface area contributed by atoms with Crippen molar-refractivity contribution in [2.24, 2.45) is 0 Å². The molecule has 0 radical (unpaired) electrons. The highest BCUT2D eigenvalue weighted by Gasteiger charge is 2.31. The Hall–Kier alpha value is -1.59. The van der Waals surface area contributed by atoms with E-state index in [0.717, 1.165) is 6.07 Å². The number of benzene rings is 1. The molecule has 1 heterocycles. The van der Waals surface area contributed by atoms with E-state index in [1.54, 1.807) is 0 Å². The molecule has 0 bridgehead atoms. The lowest BCUT2D eigenvalue weighted by molar-refractivity contribution is -0.137. The third-order valence-corrected chi connectivity index (χ3v) is 4.99. The summed E-state index contributed by atoms with van der Waals surface area (Å²) in [7, 11) is -4.11. The number of aromatic nitrogens is 2. The quantitative estimate of drug-likeness (QED) is 0.878. The van der Waals surface area contributed by atoms with Crippen LogP contribution in [0.1, 0.15) is 5.56 Å². The summed E-state index contributed by atoms with van der Waals surface area (Å²) in [5.41, 5.74) is 4.07. The van der Waals surface area contributed by atoms with Crippen LogP contribution < -0.4 is 10.5 Å². The number of alkyl halides is 3. The smallest absolute Gasteiger partial charge is 0.374 e. The van der Waals surface area contributed by atoms with Crippen LogP contribution in [0.5, 0.6) is 0 Å². The molecule has 0 amide bonds. The standard InChI is InChI=1S/C9H6ClF3N4O2S2/c10-5-3-4(9(11,12)13)1-2-6(5)17-21(18,19)8-16-15-7(14)20-8/h1-3,17H,(H2,14,15). The number of rotatable bonds is 3. The van der Waals surface area contributed by atoms with Gasteiger partial charge in [-0.25, -0.2) is 0 Å². The average molecular weight is 359 g/mol. The average Bonchev–Trinajstić information content (AvgIpc) is 2.78. The van der Waals surface area contributed by atoms with Gasteiger partial charge in [0.2, 0.25) is 5.13 Å². The van der Waals surface area contributed by atoms with E-state index in [9.17, 15) is 21.6 Å². The Morgan fingerprint density at radius 3 is 2.43 bits per heavy atom. The Balaban J connectivity index is 2.32. The summed E-state index contributed by atoms with van der Waals surface area (Å²) >= 11 is 6.26. The lowest BCUT2D eigenvalue weighted by atomic mass is 10.2. The zero-order valence-electron chi connectivity index (χ0n) is 9.85. The van der Waals surface area contributed by atoms with E-state index in [-0.39, 0.29) is 10.8 Å². The maximum absolute atomic E-state index is 12.5. The number of sulfonamides is 1. The Morgan fingerprint density at radius 1 is 1.29 bits per heavy atom. The second-order valence-electron chi connectivity index (χ2n) is 3.70. The van der Waals surface area contributed by atoms with Crippen LogP contribution in [0.15, 0.2) is 22.5 Å². The summed E-state index contributed by atoms with van der Waals surface area (Å²) in [4.78, 5) is 0. The molecule has 0 aliphatic heterocycles. The molecule has 0 saturated carbocycles. The molecule has 114 valence electrons. The number of nitrogens with two attached hydrogens (primary N) is 1. The molecule has 0 atom stereocenters. The molecule has 0 aliphatic rings. The summed E-state index contributed by atoms with van der Waals surface area (Å²) in [6.45, 7) is 0. The van der Waals surface area contributed by atoms with Crippen LogP contribution in [0, 0.1) is 0 Å². The Labute approximate surface area is 125 Å². The lowest BCUT2D eigenvalue weighted by Gasteiger charge is -2.10. The molecule has 0 aliphatic carbocycles. The van der Waals surface area contributed by atoms with Gasteiger partial charge in [0.25, 0.3) is 14.4 Å². The lowest BCUT2D eigenvalue weighted by Crippen LogP contribution is -2.13. The molecule has 3 N–H and O–H groups in total. The first-order valence-corrected chi connectivity index (χ1v) is 7.76. The molecule has 0 unspecified atom stereocenters. The molecule has 2 aromatic rings. The van der Waals surface area contributed by atoms with E-state index >= 15 is 0 Å². The second kappa shape index (κ2) is 5.31. The molecule has 1 aromatic carbocycles. The Kier molecular flexibility index (Phi) is 4.00. The van der Waals surface area contributed by atoms with E-state index in [4.69, 9.17) is 17.3 Å². The summed E-state index contributed by atoms with van der Waals surface area (Å²) in [6, 6.07) is 2.24. The largest absolute Gasteiger partial charge is 0.416 e. The fourth-order valence-corrected chi connectivity index (χ4v) is 3.44. The van der Waals surface area contributed by atoms with Crippen LogP contribution in [-0.2, 0) is 16.2 Å². The van der Waals surface area contributed by atoms with Gasteiger partial charge in [0.1, 0.15) is 0 Å². The third kappa shape index (κ3) is 3.54. The van der Waals surface area contributed by atoms with Gasteiger partial charge in [-0.1, -0.05) is 22.9 Å². The molecule has 0 fully saturated rings. The van der Waals surface area contributed by atoms with Gasteiger partial charge in [0.15, 0.2) is 0 Å². The first-order chi connectivity index (χ1) is 9.59. The fraction of sp³-hybridized carbons (Fsp3) is 0.111. The minimum Gasteiger partial charge on any atom is -0.374 e. The van der Waals surface area contributed by atoms with Crippen molar-refractivity contribution < 1.29 is 21.6 Å². The van der Waals surface area contributed by atoms with E-state index in [1.807, 2.05) is 4.72 Å². The van der Waals surface area contributed by atoms with Crippen molar-refractivity contribution in [3.05, 3.63) is 28.8 Å². The van der Waals surface area contributed by atoms with Crippen LogP contribution in [0.4, 0.5) is 24.0 Å². The molecule has 2 rings (SSSR count). The molecular formula is C9H6ClF3N4O2S2. The Bertz CT molecular complexity index is 776. The summed E-state index contributed by atoms with van der Waals surface area (Å²) < 4.78 is 62.9. The van der Waals surface area contributed by atoms with Gasteiger partial charge in [0, 0.05) is 0 Å². The van der Waals surface area contributed by atoms with Gasteiger partial charge in [-0.05, 0) is 18.2 Å². The highest BCUT2D eigenvalue weighted by Crippen LogP contribution is 2.34.